The van der Waals surface area contributed by atoms with E-state index in [2.05, 4.69) is 14.9 Å². The average Bonchev–Trinajstić information content (AvgIpc) is 2.84. The minimum Gasteiger partial charge on any atom is -0.333 e. The van der Waals surface area contributed by atoms with Gasteiger partial charge in [-0.05, 0) is 32.4 Å². The third kappa shape index (κ3) is 1.96. The molecule has 1 aromatic heterocycles. The Bertz CT molecular complexity index is 275. The summed E-state index contributed by atoms with van der Waals surface area (Å²) in [5, 5.41) is 3.48. The third-order valence-corrected chi connectivity index (χ3v) is 2.76. The molecule has 1 fully saturated rings. The van der Waals surface area contributed by atoms with Gasteiger partial charge in [-0.15, -0.1) is 0 Å². The number of hydrogen-bond donors (Lipinski definition) is 2. The van der Waals surface area contributed by atoms with E-state index in [9.17, 15) is 0 Å². The first kappa shape index (κ1) is 9.68. The third-order valence-electron chi connectivity index (χ3n) is 2.76. The van der Waals surface area contributed by atoms with Gasteiger partial charge in [0, 0.05) is 18.8 Å². The molecule has 3 N–H and O–H groups in total. The number of aryl methyl sites for hydroxylation is 1. The average molecular weight is 194 g/mol. The first-order valence-corrected chi connectivity index (χ1v) is 5.35. The monoisotopic (exact) mass is 194 g/mol. The summed E-state index contributed by atoms with van der Waals surface area (Å²) in [6, 6.07) is 0.510. The normalized spacial score (nSPS) is 21.6. The Morgan fingerprint density at radius 1 is 1.64 bits per heavy atom. The quantitative estimate of drug-likeness (QED) is 0.740. The molecular weight excluding hydrogens is 176 g/mol. The van der Waals surface area contributed by atoms with E-state index in [1.165, 1.54) is 18.5 Å². The van der Waals surface area contributed by atoms with Crippen LogP contribution in [0.4, 0.5) is 0 Å². The van der Waals surface area contributed by atoms with Gasteiger partial charge in [0.15, 0.2) is 0 Å². The number of hydrogen-bond acceptors (Lipinski definition) is 3. The van der Waals surface area contributed by atoms with Gasteiger partial charge < -0.3 is 15.6 Å². The summed E-state index contributed by atoms with van der Waals surface area (Å²) in [7, 11) is 0. The lowest BCUT2D eigenvalue weighted by atomic mass is 10.2. The van der Waals surface area contributed by atoms with Crippen LogP contribution in [0.1, 0.15) is 31.0 Å². The van der Waals surface area contributed by atoms with Crippen molar-refractivity contribution in [1.29, 1.82) is 0 Å². The Morgan fingerprint density at radius 3 is 3.29 bits per heavy atom. The molecule has 0 bridgehead atoms. The zero-order valence-corrected chi connectivity index (χ0v) is 8.45. The summed E-state index contributed by atoms with van der Waals surface area (Å²) in [4.78, 5) is 4.20. The Morgan fingerprint density at radius 2 is 2.57 bits per heavy atom. The highest BCUT2D eigenvalue weighted by Crippen LogP contribution is 2.22. The van der Waals surface area contributed by atoms with Gasteiger partial charge in [0.05, 0.1) is 12.0 Å². The second kappa shape index (κ2) is 4.57. The van der Waals surface area contributed by atoms with Gasteiger partial charge in [0.2, 0.25) is 0 Å². The molecular formula is C10H18N4. The van der Waals surface area contributed by atoms with E-state index in [4.69, 9.17) is 5.73 Å². The van der Waals surface area contributed by atoms with Crippen LogP contribution in [0, 0.1) is 0 Å². The maximum atomic E-state index is 5.50. The summed E-state index contributed by atoms with van der Waals surface area (Å²) >= 11 is 0. The smallest absolute Gasteiger partial charge is 0.0948 e. The Kier molecular flexibility index (Phi) is 3.16. The van der Waals surface area contributed by atoms with Crippen molar-refractivity contribution in [3.63, 3.8) is 0 Å². The number of nitrogens with zero attached hydrogens (tertiary/aromatic N) is 2. The van der Waals surface area contributed by atoms with E-state index in [1.807, 2.05) is 12.5 Å². The van der Waals surface area contributed by atoms with Crippen molar-refractivity contribution in [3.8, 4) is 0 Å². The van der Waals surface area contributed by atoms with E-state index in [-0.39, 0.29) is 0 Å². The van der Waals surface area contributed by atoms with Gasteiger partial charge >= 0.3 is 0 Å². The molecule has 14 heavy (non-hydrogen) atoms. The summed E-state index contributed by atoms with van der Waals surface area (Å²) in [6.07, 6.45) is 7.40. The second-order valence-corrected chi connectivity index (χ2v) is 3.80. The fraction of sp³-hybridized carbons (Fsp3) is 0.700. The molecule has 1 saturated heterocycles. The molecule has 78 valence electrons. The Balaban J connectivity index is 2.04. The molecule has 0 saturated carbocycles. The molecule has 1 aliphatic rings. The highest BCUT2D eigenvalue weighted by atomic mass is 15.1. The lowest BCUT2D eigenvalue weighted by Crippen LogP contribution is -2.17. The van der Waals surface area contributed by atoms with Crippen LogP contribution >= 0.6 is 0 Å². The summed E-state index contributed by atoms with van der Waals surface area (Å²) in [5.74, 6) is 0. The van der Waals surface area contributed by atoms with Crippen LogP contribution < -0.4 is 11.1 Å². The molecule has 0 amide bonds. The van der Waals surface area contributed by atoms with Gasteiger partial charge in [-0.1, -0.05) is 0 Å². The maximum absolute atomic E-state index is 5.50. The number of rotatable bonds is 4. The topological polar surface area (TPSA) is 55.9 Å². The molecule has 1 atom stereocenters. The first-order chi connectivity index (χ1) is 6.92. The van der Waals surface area contributed by atoms with E-state index in [0.717, 1.165) is 26.1 Å². The zero-order valence-electron chi connectivity index (χ0n) is 8.45. The van der Waals surface area contributed by atoms with Crippen molar-refractivity contribution in [2.75, 3.05) is 13.1 Å². The van der Waals surface area contributed by atoms with Crippen LogP contribution in [-0.2, 0) is 6.54 Å². The van der Waals surface area contributed by atoms with Crippen molar-refractivity contribution >= 4 is 0 Å². The predicted octanol–water partition coefficient (Wildman–Crippen LogP) is 0.656. The number of nitrogens with two attached hydrogens (primary N) is 1. The molecule has 1 aliphatic heterocycles. The van der Waals surface area contributed by atoms with Crippen molar-refractivity contribution in [2.45, 2.75) is 31.8 Å². The van der Waals surface area contributed by atoms with Gasteiger partial charge in [-0.25, -0.2) is 4.98 Å². The molecule has 0 spiro atoms. The van der Waals surface area contributed by atoms with Crippen LogP contribution in [0.25, 0.3) is 0 Å². The molecule has 1 aromatic rings. The fourth-order valence-corrected chi connectivity index (χ4v) is 2.01. The predicted molar refractivity (Wildman–Crippen MR) is 55.9 cm³/mol. The molecule has 0 radical (unpaired) electrons. The van der Waals surface area contributed by atoms with Crippen LogP contribution in [0.3, 0.4) is 0 Å². The molecule has 4 heteroatoms. The molecule has 0 unspecified atom stereocenters. The molecule has 0 aromatic carbocycles. The van der Waals surface area contributed by atoms with Gasteiger partial charge in [0.25, 0.3) is 0 Å². The molecule has 0 aliphatic carbocycles. The van der Waals surface area contributed by atoms with Crippen LogP contribution in [0.15, 0.2) is 12.5 Å². The minimum absolute atomic E-state index is 0.510. The van der Waals surface area contributed by atoms with E-state index >= 15 is 0 Å². The van der Waals surface area contributed by atoms with Crippen molar-refractivity contribution < 1.29 is 0 Å². The van der Waals surface area contributed by atoms with Crippen molar-refractivity contribution in [1.82, 2.24) is 14.9 Å². The maximum Gasteiger partial charge on any atom is 0.0948 e. The van der Waals surface area contributed by atoms with Gasteiger partial charge in [-0.3, -0.25) is 0 Å². The standard InChI is InChI=1S/C10H18N4/c11-4-2-6-14-8-12-7-10(14)9-3-1-5-13-9/h7-9,13H,1-6,11H2/t9-/m0/s1. The summed E-state index contributed by atoms with van der Waals surface area (Å²) in [6.45, 7) is 2.87. The first-order valence-electron chi connectivity index (χ1n) is 5.35. The molecule has 2 heterocycles. The Labute approximate surface area is 84.5 Å². The lowest BCUT2D eigenvalue weighted by molar-refractivity contribution is 0.551. The highest BCUT2D eigenvalue weighted by molar-refractivity contribution is 5.07. The minimum atomic E-state index is 0.510. The zero-order chi connectivity index (χ0) is 9.80. The van der Waals surface area contributed by atoms with Crippen molar-refractivity contribution in [2.24, 2.45) is 5.73 Å². The highest BCUT2D eigenvalue weighted by Gasteiger charge is 2.19. The van der Waals surface area contributed by atoms with Gasteiger partial charge in [-0.2, -0.15) is 0 Å². The van der Waals surface area contributed by atoms with Crippen molar-refractivity contribution in [3.05, 3.63) is 18.2 Å². The van der Waals surface area contributed by atoms with E-state index in [0.29, 0.717) is 6.04 Å². The van der Waals surface area contributed by atoms with Crippen LogP contribution in [0.2, 0.25) is 0 Å². The van der Waals surface area contributed by atoms with E-state index < -0.39 is 0 Å². The number of aromatic nitrogens is 2. The lowest BCUT2D eigenvalue weighted by Gasteiger charge is -2.13. The number of imidazole rings is 1. The molecule has 4 nitrogen and oxygen atoms in total. The van der Waals surface area contributed by atoms with Crippen LogP contribution in [0.5, 0.6) is 0 Å². The molecule has 2 rings (SSSR count). The van der Waals surface area contributed by atoms with E-state index in [1.54, 1.807) is 0 Å². The SMILES string of the molecule is NCCCn1cncc1[C@@H]1CCCN1. The van der Waals surface area contributed by atoms with Gasteiger partial charge in [0.1, 0.15) is 0 Å². The number of nitrogens with one attached hydrogen (secondary N) is 1. The largest absolute Gasteiger partial charge is 0.333 e. The summed E-state index contributed by atoms with van der Waals surface area (Å²) in [5.41, 5.74) is 6.81. The Hall–Kier alpha value is -0.870. The summed E-state index contributed by atoms with van der Waals surface area (Å²) < 4.78 is 2.22. The van der Waals surface area contributed by atoms with Crippen LogP contribution in [-0.4, -0.2) is 22.6 Å². The second-order valence-electron chi connectivity index (χ2n) is 3.80. The fourth-order valence-electron chi connectivity index (χ4n) is 2.01.